The molecule has 1 saturated heterocycles. The van der Waals surface area contributed by atoms with Gasteiger partial charge in [0.2, 0.25) is 0 Å². The van der Waals surface area contributed by atoms with E-state index in [9.17, 15) is 0 Å². The summed E-state index contributed by atoms with van der Waals surface area (Å²) in [4.78, 5) is 6.75. The summed E-state index contributed by atoms with van der Waals surface area (Å²) in [5.74, 6) is 0. The monoisotopic (exact) mass is 330 g/mol. The Bertz CT molecular complexity index is 616. The molecule has 0 aliphatic carbocycles. The summed E-state index contributed by atoms with van der Waals surface area (Å²) in [5, 5.41) is 4.28. The highest BCUT2D eigenvalue weighted by Gasteiger charge is 2.35. The first kappa shape index (κ1) is 17.1. The fraction of sp³-hybridized carbons (Fsp3) is 0.556. The van der Waals surface area contributed by atoms with Crippen LogP contribution in [0.5, 0.6) is 0 Å². The maximum atomic E-state index is 6.09. The Hall–Kier alpha value is -1.76. The van der Waals surface area contributed by atoms with Crippen LogP contribution in [0.25, 0.3) is 0 Å². The summed E-state index contributed by atoms with van der Waals surface area (Å²) in [6.07, 6.45) is 10.0. The fourth-order valence-electron chi connectivity index (χ4n) is 3.37. The summed E-state index contributed by atoms with van der Waals surface area (Å²) in [7, 11) is 3.66. The molecule has 3 rings (SSSR count). The molecule has 0 N–H and O–H groups in total. The van der Waals surface area contributed by atoms with Crippen molar-refractivity contribution in [3.05, 3.63) is 48.0 Å². The lowest BCUT2D eigenvalue weighted by atomic mass is 10.0. The van der Waals surface area contributed by atoms with Gasteiger partial charge in [0, 0.05) is 57.4 Å². The van der Waals surface area contributed by atoms with Crippen molar-refractivity contribution in [3.8, 4) is 0 Å². The van der Waals surface area contributed by atoms with Gasteiger partial charge >= 0.3 is 0 Å². The van der Waals surface area contributed by atoms with Crippen LogP contribution in [0.3, 0.4) is 0 Å². The second-order valence-electron chi connectivity index (χ2n) is 6.32. The Balaban J connectivity index is 1.68. The third kappa shape index (κ3) is 4.41. The number of nitrogens with zero attached hydrogens (tertiary/aromatic N) is 4. The average Bonchev–Trinajstić information content (AvgIpc) is 3.17. The van der Waals surface area contributed by atoms with Crippen molar-refractivity contribution < 1.29 is 9.47 Å². The molecule has 130 valence electrons. The number of aromatic nitrogens is 3. The first-order chi connectivity index (χ1) is 11.8. The zero-order valence-corrected chi connectivity index (χ0v) is 14.5. The van der Waals surface area contributed by atoms with Crippen molar-refractivity contribution in [2.45, 2.75) is 31.5 Å². The van der Waals surface area contributed by atoms with Gasteiger partial charge < -0.3 is 9.47 Å². The molecule has 0 spiro atoms. The van der Waals surface area contributed by atoms with E-state index in [4.69, 9.17) is 9.47 Å². The number of rotatable bonds is 8. The fourth-order valence-corrected chi connectivity index (χ4v) is 3.37. The van der Waals surface area contributed by atoms with Crippen LogP contribution >= 0.6 is 0 Å². The minimum absolute atomic E-state index is 0.233. The molecule has 0 bridgehead atoms. The molecule has 1 aliphatic heterocycles. The van der Waals surface area contributed by atoms with Gasteiger partial charge in [-0.05, 0) is 24.5 Å². The molecule has 2 atom stereocenters. The first-order valence-corrected chi connectivity index (χ1v) is 8.47. The molecule has 2 aromatic heterocycles. The van der Waals surface area contributed by atoms with E-state index in [0.717, 1.165) is 25.9 Å². The highest BCUT2D eigenvalue weighted by atomic mass is 16.5. The highest BCUT2D eigenvalue weighted by Crippen LogP contribution is 2.26. The Morgan fingerprint density at radius 1 is 1.25 bits per heavy atom. The molecular weight excluding hydrogens is 304 g/mol. The van der Waals surface area contributed by atoms with Crippen LogP contribution in [0.1, 0.15) is 17.5 Å². The standard InChI is InChI=1S/C18H26N4O2/c1-21-13-16(12-20-21)14-22-7-5-18(24-9-8-23-2)17(22)10-15-4-3-6-19-11-15/h3-4,6,11-13,17-18H,5,7-10,14H2,1-2H3/t17-,18-/m1/s1. The van der Waals surface area contributed by atoms with Gasteiger partial charge in [-0.1, -0.05) is 6.07 Å². The molecule has 6 nitrogen and oxygen atoms in total. The molecule has 0 saturated carbocycles. The normalized spacial score (nSPS) is 21.4. The quantitative estimate of drug-likeness (QED) is 0.689. The maximum absolute atomic E-state index is 6.09. The van der Waals surface area contributed by atoms with Gasteiger partial charge in [-0.15, -0.1) is 0 Å². The number of hydrogen-bond acceptors (Lipinski definition) is 5. The van der Waals surface area contributed by atoms with Crippen molar-refractivity contribution in [3.63, 3.8) is 0 Å². The van der Waals surface area contributed by atoms with Gasteiger partial charge in [-0.25, -0.2) is 0 Å². The Labute approximate surface area is 143 Å². The van der Waals surface area contributed by atoms with Gasteiger partial charge in [0.05, 0.1) is 25.5 Å². The third-order valence-corrected chi connectivity index (χ3v) is 4.53. The van der Waals surface area contributed by atoms with Crippen LogP contribution in [0.15, 0.2) is 36.9 Å². The smallest absolute Gasteiger partial charge is 0.0746 e. The minimum Gasteiger partial charge on any atom is -0.382 e. The van der Waals surface area contributed by atoms with E-state index in [1.807, 2.05) is 36.4 Å². The van der Waals surface area contributed by atoms with E-state index in [-0.39, 0.29) is 6.10 Å². The minimum atomic E-state index is 0.233. The van der Waals surface area contributed by atoms with Gasteiger partial charge in [-0.3, -0.25) is 14.6 Å². The van der Waals surface area contributed by atoms with Crippen molar-refractivity contribution in [2.24, 2.45) is 7.05 Å². The van der Waals surface area contributed by atoms with Crippen LogP contribution in [-0.2, 0) is 29.5 Å². The predicted octanol–water partition coefficient (Wildman–Crippen LogP) is 1.66. The molecule has 24 heavy (non-hydrogen) atoms. The van der Waals surface area contributed by atoms with Crippen molar-refractivity contribution in [1.82, 2.24) is 19.7 Å². The Morgan fingerprint density at radius 3 is 2.88 bits per heavy atom. The molecule has 0 radical (unpaired) electrons. The topological polar surface area (TPSA) is 52.4 Å². The van der Waals surface area contributed by atoms with E-state index < -0.39 is 0 Å². The number of likely N-dealkylation sites (tertiary alicyclic amines) is 1. The molecule has 0 unspecified atom stereocenters. The van der Waals surface area contributed by atoms with E-state index >= 15 is 0 Å². The molecule has 1 fully saturated rings. The molecule has 0 amide bonds. The van der Waals surface area contributed by atoms with Crippen molar-refractivity contribution in [2.75, 3.05) is 26.9 Å². The average molecular weight is 330 g/mol. The third-order valence-electron chi connectivity index (χ3n) is 4.53. The largest absolute Gasteiger partial charge is 0.382 e. The lowest BCUT2D eigenvalue weighted by Gasteiger charge is -2.28. The number of hydrogen-bond donors (Lipinski definition) is 0. The summed E-state index contributed by atoms with van der Waals surface area (Å²) in [6.45, 7) is 3.23. The Kier molecular flexibility index (Phi) is 5.96. The van der Waals surface area contributed by atoms with Gasteiger partial charge in [-0.2, -0.15) is 5.10 Å². The zero-order valence-electron chi connectivity index (χ0n) is 14.5. The lowest BCUT2D eigenvalue weighted by Crippen LogP contribution is -2.38. The Morgan fingerprint density at radius 2 is 2.17 bits per heavy atom. The summed E-state index contributed by atoms with van der Waals surface area (Å²) in [5.41, 5.74) is 2.49. The van der Waals surface area contributed by atoms with E-state index in [1.165, 1.54) is 11.1 Å². The molecule has 0 aromatic carbocycles. The predicted molar refractivity (Wildman–Crippen MR) is 91.6 cm³/mol. The highest BCUT2D eigenvalue weighted by molar-refractivity contribution is 5.13. The second-order valence-corrected chi connectivity index (χ2v) is 6.32. The van der Waals surface area contributed by atoms with Gasteiger partial charge in [0.1, 0.15) is 0 Å². The molecule has 2 aromatic rings. The van der Waals surface area contributed by atoms with Gasteiger partial charge in [0.25, 0.3) is 0 Å². The van der Waals surface area contributed by atoms with Crippen LogP contribution < -0.4 is 0 Å². The van der Waals surface area contributed by atoms with Gasteiger partial charge in [0.15, 0.2) is 0 Å². The zero-order chi connectivity index (χ0) is 16.8. The van der Waals surface area contributed by atoms with Crippen LogP contribution in [0, 0.1) is 0 Å². The lowest BCUT2D eigenvalue weighted by molar-refractivity contribution is -0.00132. The van der Waals surface area contributed by atoms with E-state index in [2.05, 4.69) is 27.2 Å². The van der Waals surface area contributed by atoms with E-state index in [0.29, 0.717) is 19.3 Å². The van der Waals surface area contributed by atoms with Crippen molar-refractivity contribution >= 4 is 0 Å². The SMILES string of the molecule is COCCO[C@@H]1CCN(Cc2cnn(C)c2)[C@@H]1Cc1cccnc1. The maximum Gasteiger partial charge on any atom is 0.0746 e. The molecular formula is C18H26N4O2. The molecule has 3 heterocycles. The summed E-state index contributed by atoms with van der Waals surface area (Å²) in [6, 6.07) is 4.49. The van der Waals surface area contributed by atoms with Crippen LogP contribution in [0.4, 0.5) is 0 Å². The second kappa shape index (κ2) is 8.37. The summed E-state index contributed by atoms with van der Waals surface area (Å²) < 4.78 is 13.1. The van der Waals surface area contributed by atoms with Crippen LogP contribution in [0.2, 0.25) is 0 Å². The molecule has 1 aliphatic rings. The van der Waals surface area contributed by atoms with Crippen molar-refractivity contribution in [1.29, 1.82) is 0 Å². The number of methoxy groups -OCH3 is 1. The number of ether oxygens (including phenoxy) is 2. The first-order valence-electron chi connectivity index (χ1n) is 8.47. The summed E-state index contributed by atoms with van der Waals surface area (Å²) >= 11 is 0. The number of aryl methyl sites for hydroxylation is 1. The molecule has 6 heteroatoms. The van der Waals surface area contributed by atoms with Crippen LogP contribution in [-0.4, -0.2) is 58.7 Å². The van der Waals surface area contributed by atoms with E-state index in [1.54, 1.807) is 7.11 Å². The number of pyridine rings is 1.